The van der Waals surface area contributed by atoms with Crippen LogP contribution in [0.5, 0.6) is 0 Å². The van der Waals surface area contributed by atoms with E-state index in [4.69, 9.17) is 0 Å². The van der Waals surface area contributed by atoms with Gasteiger partial charge in [-0.05, 0) is 35.9 Å². The summed E-state index contributed by atoms with van der Waals surface area (Å²) in [6.07, 6.45) is 3.91. The fraction of sp³-hybridized carbons (Fsp3) is 0.182. The highest BCUT2D eigenvalue weighted by Gasteiger charge is 2.18. The van der Waals surface area contributed by atoms with E-state index in [1.54, 1.807) is 16.8 Å². The second kappa shape index (κ2) is 6.42. The van der Waals surface area contributed by atoms with Gasteiger partial charge in [0.1, 0.15) is 5.82 Å². The molecule has 0 unspecified atom stereocenters. The Morgan fingerprint density at radius 1 is 1.14 bits per heavy atom. The summed E-state index contributed by atoms with van der Waals surface area (Å²) in [4.78, 5) is 16.8. The zero-order valence-electron chi connectivity index (χ0n) is 15.4. The number of hydrogen-bond acceptors (Lipinski definition) is 3. The molecule has 0 atom stereocenters. The van der Waals surface area contributed by atoms with E-state index in [1.165, 1.54) is 28.8 Å². The Balaban J connectivity index is 1.59. The van der Waals surface area contributed by atoms with Gasteiger partial charge in [0.2, 0.25) is 0 Å². The predicted molar refractivity (Wildman–Crippen MR) is 107 cm³/mol. The lowest BCUT2D eigenvalue weighted by molar-refractivity contribution is 0.622. The minimum absolute atomic E-state index is 0.149. The molecule has 0 aliphatic carbocycles. The standard InChI is InChI=1S/C22H19FN4O/c1-26-20-6-8-24-13-18(20)17-4-3-16(11-21(17)26)27-9-7-14(10-22(27)28)19-5-2-15(23)12-25-19/h2-5,7,9-12,24H,6,8,13H2,1H3. The van der Waals surface area contributed by atoms with Crippen LogP contribution < -0.4 is 10.9 Å². The molecule has 0 saturated carbocycles. The normalized spacial score (nSPS) is 13.6. The molecule has 0 spiro atoms. The summed E-state index contributed by atoms with van der Waals surface area (Å²) in [7, 11) is 2.09. The van der Waals surface area contributed by atoms with Gasteiger partial charge < -0.3 is 9.88 Å². The van der Waals surface area contributed by atoms with Gasteiger partial charge in [-0.2, -0.15) is 0 Å². The van der Waals surface area contributed by atoms with Crippen molar-refractivity contribution in [1.29, 1.82) is 0 Å². The zero-order valence-corrected chi connectivity index (χ0v) is 15.4. The van der Waals surface area contributed by atoms with E-state index in [0.29, 0.717) is 11.3 Å². The minimum atomic E-state index is -0.397. The molecule has 0 amide bonds. The number of pyridine rings is 2. The minimum Gasteiger partial charge on any atom is -0.347 e. The Morgan fingerprint density at radius 3 is 2.82 bits per heavy atom. The molecule has 1 aliphatic rings. The molecule has 1 aromatic carbocycles. The molecule has 1 aliphatic heterocycles. The van der Waals surface area contributed by atoms with Crippen LogP contribution in [0.4, 0.5) is 4.39 Å². The molecule has 0 fully saturated rings. The number of fused-ring (bicyclic) bond motifs is 3. The van der Waals surface area contributed by atoms with Gasteiger partial charge in [0, 0.05) is 55.5 Å². The van der Waals surface area contributed by atoms with Crippen molar-refractivity contribution in [2.45, 2.75) is 13.0 Å². The summed E-state index contributed by atoms with van der Waals surface area (Å²) < 4.78 is 16.9. The molecule has 140 valence electrons. The largest absolute Gasteiger partial charge is 0.347 e. The number of hydrogen-bond donors (Lipinski definition) is 1. The molecule has 4 aromatic rings. The molecule has 5 rings (SSSR count). The SMILES string of the molecule is Cn1c2c(c3ccc(-n4ccc(-c5ccc(F)cn5)cc4=O)cc31)CNCC2. The number of rotatable bonds is 2. The lowest BCUT2D eigenvalue weighted by Gasteiger charge is -2.14. The highest BCUT2D eigenvalue weighted by molar-refractivity contribution is 5.87. The van der Waals surface area contributed by atoms with Crippen molar-refractivity contribution in [1.82, 2.24) is 19.4 Å². The maximum Gasteiger partial charge on any atom is 0.255 e. The lowest BCUT2D eigenvalue weighted by atomic mass is 10.1. The van der Waals surface area contributed by atoms with Crippen LogP contribution in [0.3, 0.4) is 0 Å². The van der Waals surface area contributed by atoms with Crippen molar-refractivity contribution in [3.05, 3.63) is 82.3 Å². The van der Waals surface area contributed by atoms with Crippen molar-refractivity contribution in [2.24, 2.45) is 7.05 Å². The van der Waals surface area contributed by atoms with Gasteiger partial charge in [0.25, 0.3) is 5.56 Å². The van der Waals surface area contributed by atoms with Gasteiger partial charge >= 0.3 is 0 Å². The number of benzene rings is 1. The van der Waals surface area contributed by atoms with Crippen LogP contribution in [0.25, 0.3) is 27.8 Å². The molecule has 0 radical (unpaired) electrons. The molecule has 0 bridgehead atoms. The summed E-state index contributed by atoms with van der Waals surface area (Å²) in [5.74, 6) is -0.397. The van der Waals surface area contributed by atoms with Gasteiger partial charge in [0.05, 0.1) is 23.1 Å². The fourth-order valence-electron chi connectivity index (χ4n) is 4.04. The molecule has 3 aromatic heterocycles. The van der Waals surface area contributed by atoms with Crippen LogP contribution in [-0.4, -0.2) is 20.7 Å². The number of nitrogens with one attached hydrogen (secondary N) is 1. The molecule has 6 heteroatoms. The Bertz CT molecular complexity index is 1250. The number of aryl methyl sites for hydroxylation is 1. The van der Waals surface area contributed by atoms with Crippen molar-refractivity contribution < 1.29 is 4.39 Å². The highest BCUT2D eigenvalue weighted by atomic mass is 19.1. The summed E-state index contributed by atoms with van der Waals surface area (Å²) in [5, 5.41) is 4.66. The third-order valence-electron chi connectivity index (χ3n) is 5.48. The highest BCUT2D eigenvalue weighted by Crippen LogP contribution is 2.29. The van der Waals surface area contributed by atoms with Crippen LogP contribution >= 0.6 is 0 Å². The number of nitrogens with zero attached hydrogens (tertiary/aromatic N) is 3. The molecule has 4 heterocycles. The van der Waals surface area contributed by atoms with Crippen LogP contribution in [0.2, 0.25) is 0 Å². The molecular weight excluding hydrogens is 355 g/mol. The maximum absolute atomic E-state index is 13.1. The summed E-state index contributed by atoms with van der Waals surface area (Å²) in [6.45, 7) is 1.87. The Labute approximate surface area is 161 Å². The van der Waals surface area contributed by atoms with Gasteiger partial charge in [-0.3, -0.25) is 14.3 Å². The second-order valence-corrected chi connectivity index (χ2v) is 7.10. The van der Waals surface area contributed by atoms with E-state index in [2.05, 4.69) is 34.0 Å². The van der Waals surface area contributed by atoms with E-state index in [-0.39, 0.29) is 5.56 Å². The first kappa shape index (κ1) is 16.9. The summed E-state index contributed by atoms with van der Waals surface area (Å²) in [5.41, 5.74) is 5.75. The van der Waals surface area contributed by atoms with Crippen molar-refractivity contribution in [2.75, 3.05) is 6.54 Å². The van der Waals surface area contributed by atoms with E-state index in [9.17, 15) is 9.18 Å². The van der Waals surface area contributed by atoms with Crippen molar-refractivity contribution in [3.8, 4) is 16.9 Å². The van der Waals surface area contributed by atoms with Gasteiger partial charge in [0.15, 0.2) is 0 Å². The summed E-state index contributed by atoms with van der Waals surface area (Å²) >= 11 is 0. The average Bonchev–Trinajstić information content (AvgIpc) is 3.01. The van der Waals surface area contributed by atoms with Gasteiger partial charge in [-0.1, -0.05) is 6.07 Å². The monoisotopic (exact) mass is 374 g/mol. The Kier molecular flexibility index (Phi) is 3.87. The van der Waals surface area contributed by atoms with E-state index < -0.39 is 5.82 Å². The first-order valence-electron chi connectivity index (χ1n) is 9.28. The Hall–Kier alpha value is -3.25. The van der Waals surface area contributed by atoms with Crippen LogP contribution in [0.15, 0.2) is 59.7 Å². The van der Waals surface area contributed by atoms with Crippen LogP contribution in [-0.2, 0) is 20.0 Å². The second-order valence-electron chi connectivity index (χ2n) is 7.10. The first-order chi connectivity index (χ1) is 13.6. The predicted octanol–water partition coefficient (Wildman–Crippen LogP) is 3.18. The molecule has 28 heavy (non-hydrogen) atoms. The van der Waals surface area contributed by atoms with Crippen molar-refractivity contribution >= 4 is 10.9 Å². The van der Waals surface area contributed by atoms with Gasteiger partial charge in [-0.25, -0.2) is 4.39 Å². The smallest absolute Gasteiger partial charge is 0.255 e. The molecule has 5 nitrogen and oxygen atoms in total. The van der Waals surface area contributed by atoms with Gasteiger partial charge in [-0.15, -0.1) is 0 Å². The third kappa shape index (κ3) is 2.65. The Morgan fingerprint density at radius 2 is 2.04 bits per heavy atom. The lowest BCUT2D eigenvalue weighted by Crippen LogP contribution is -2.24. The molecule has 0 saturated heterocycles. The van der Waals surface area contributed by atoms with E-state index in [1.807, 2.05) is 12.1 Å². The third-order valence-corrected chi connectivity index (χ3v) is 5.48. The zero-order chi connectivity index (χ0) is 19.3. The molecule has 1 N–H and O–H groups in total. The maximum atomic E-state index is 13.1. The fourth-order valence-corrected chi connectivity index (χ4v) is 4.04. The molecular formula is C22H19FN4O. The summed E-state index contributed by atoms with van der Waals surface area (Å²) in [6, 6.07) is 12.4. The average molecular weight is 374 g/mol. The van der Waals surface area contributed by atoms with Crippen LogP contribution in [0.1, 0.15) is 11.3 Å². The number of aromatic nitrogens is 3. The topological polar surface area (TPSA) is 51.9 Å². The van der Waals surface area contributed by atoms with E-state index in [0.717, 1.165) is 36.9 Å². The van der Waals surface area contributed by atoms with Crippen molar-refractivity contribution in [3.63, 3.8) is 0 Å². The number of halogens is 1. The van der Waals surface area contributed by atoms with Crippen LogP contribution in [0, 0.1) is 5.82 Å². The van der Waals surface area contributed by atoms with E-state index >= 15 is 0 Å². The quantitative estimate of drug-likeness (QED) is 0.586. The first-order valence-corrected chi connectivity index (χ1v) is 9.28.